The van der Waals surface area contributed by atoms with E-state index in [0.29, 0.717) is 0 Å². The fourth-order valence-corrected chi connectivity index (χ4v) is 1.93. The van der Waals surface area contributed by atoms with E-state index in [4.69, 9.17) is 10.8 Å². The summed E-state index contributed by atoms with van der Waals surface area (Å²) in [5.74, 6) is -2.55. The van der Waals surface area contributed by atoms with Crippen LogP contribution in [-0.4, -0.2) is 52.2 Å². The number of carbonyl (C=O) groups excluding carboxylic acids is 2. The second-order valence-electron chi connectivity index (χ2n) is 8.22. The van der Waals surface area contributed by atoms with E-state index in [-0.39, 0.29) is 0 Å². The molecule has 8 nitrogen and oxygen atoms in total. The van der Waals surface area contributed by atoms with Crippen molar-refractivity contribution in [1.29, 1.82) is 0 Å². The van der Waals surface area contributed by atoms with Crippen molar-refractivity contribution in [2.75, 3.05) is 0 Å². The first-order valence-corrected chi connectivity index (χ1v) is 7.86. The standard InChI is InChI=1S/C16H31N3O5/c1-8(20)9(14(23)24)18-13(22)11(16(5,6)7)19-12(21)10(17)15(2,3)4/h8-11,20H,17H2,1-7H3,(H,18,22)(H,19,21)(H,23,24)/t8-,9+,10-,11-/m1/s1. The molecule has 4 atom stereocenters. The number of hydrogen-bond donors (Lipinski definition) is 5. The maximum atomic E-state index is 12.5. The molecule has 0 bridgehead atoms. The van der Waals surface area contributed by atoms with Crippen molar-refractivity contribution in [1.82, 2.24) is 10.6 Å². The van der Waals surface area contributed by atoms with Gasteiger partial charge in [-0.05, 0) is 17.8 Å². The van der Waals surface area contributed by atoms with Gasteiger partial charge in [0.05, 0.1) is 12.1 Å². The first-order valence-electron chi connectivity index (χ1n) is 7.86. The molecular formula is C16H31N3O5. The number of aliphatic hydroxyl groups is 1. The highest BCUT2D eigenvalue weighted by atomic mass is 16.4. The van der Waals surface area contributed by atoms with Gasteiger partial charge in [0.15, 0.2) is 6.04 Å². The molecule has 24 heavy (non-hydrogen) atoms. The molecule has 0 aromatic heterocycles. The lowest BCUT2D eigenvalue weighted by Crippen LogP contribution is -2.61. The number of rotatable bonds is 6. The zero-order valence-corrected chi connectivity index (χ0v) is 15.5. The van der Waals surface area contributed by atoms with Gasteiger partial charge < -0.3 is 26.6 Å². The number of carboxylic acids is 1. The second kappa shape index (κ2) is 7.94. The largest absolute Gasteiger partial charge is 0.480 e. The fourth-order valence-electron chi connectivity index (χ4n) is 1.93. The van der Waals surface area contributed by atoms with Gasteiger partial charge in [-0.25, -0.2) is 4.79 Å². The molecule has 6 N–H and O–H groups in total. The molecule has 0 aliphatic carbocycles. The Morgan fingerprint density at radius 3 is 1.67 bits per heavy atom. The molecule has 0 radical (unpaired) electrons. The van der Waals surface area contributed by atoms with Gasteiger partial charge in [-0.2, -0.15) is 0 Å². The molecule has 140 valence electrons. The van der Waals surface area contributed by atoms with Crippen LogP contribution in [0.3, 0.4) is 0 Å². The van der Waals surface area contributed by atoms with Gasteiger partial charge in [0, 0.05) is 0 Å². The van der Waals surface area contributed by atoms with Crippen molar-refractivity contribution in [2.45, 2.75) is 72.7 Å². The van der Waals surface area contributed by atoms with Gasteiger partial charge in [0.1, 0.15) is 6.04 Å². The van der Waals surface area contributed by atoms with Crippen molar-refractivity contribution >= 4 is 17.8 Å². The first-order chi connectivity index (χ1) is 10.6. The van der Waals surface area contributed by atoms with Gasteiger partial charge in [-0.3, -0.25) is 9.59 Å². The molecule has 0 heterocycles. The molecule has 0 rings (SSSR count). The van der Waals surface area contributed by atoms with Crippen LogP contribution >= 0.6 is 0 Å². The number of aliphatic hydroxyl groups excluding tert-OH is 1. The Balaban J connectivity index is 5.33. The lowest BCUT2D eigenvalue weighted by molar-refractivity contribution is -0.145. The second-order valence-corrected chi connectivity index (χ2v) is 8.22. The molecule has 0 aliphatic rings. The third-order valence-electron chi connectivity index (χ3n) is 3.68. The van der Waals surface area contributed by atoms with Crippen molar-refractivity contribution in [3.05, 3.63) is 0 Å². The maximum Gasteiger partial charge on any atom is 0.328 e. The number of amides is 2. The monoisotopic (exact) mass is 345 g/mol. The van der Waals surface area contributed by atoms with Crippen LogP contribution in [0.25, 0.3) is 0 Å². The topological polar surface area (TPSA) is 142 Å². The Morgan fingerprint density at radius 1 is 0.917 bits per heavy atom. The molecule has 0 aromatic carbocycles. The number of aliphatic carboxylic acids is 1. The van der Waals surface area contributed by atoms with Crippen LogP contribution in [0.4, 0.5) is 0 Å². The summed E-state index contributed by atoms with van der Waals surface area (Å²) in [7, 11) is 0. The SMILES string of the molecule is C[C@@H](O)[C@H](NC(=O)[C@@H](NC(=O)[C@@H](N)C(C)(C)C)C(C)(C)C)C(=O)O. The molecule has 0 aliphatic heterocycles. The summed E-state index contributed by atoms with van der Waals surface area (Å²) in [6.07, 6.45) is -1.28. The summed E-state index contributed by atoms with van der Waals surface area (Å²) in [5.41, 5.74) is 4.73. The zero-order chi connectivity index (χ0) is 19.5. The average molecular weight is 345 g/mol. The molecule has 0 fully saturated rings. The van der Waals surface area contributed by atoms with Gasteiger partial charge in [-0.15, -0.1) is 0 Å². The third-order valence-corrected chi connectivity index (χ3v) is 3.68. The van der Waals surface area contributed by atoms with Crippen LogP contribution < -0.4 is 16.4 Å². The molecule has 0 unspecified atom stereocenters. The molecule has 0 aromatic rings. The number of nitrogens with one attached hydrogen (secondary N) is 2. The Morgan fingerprint density at radius 2 is 1.38 bits per heavy atom. The van der Waals surface area contributed by atoms with E-state index in [0.717, 1.165) is 0 Å². The summed E-state index contributed by atoms with van der Waals surface area (Å²) in [4.78, 5) is 35.9. The highest BCUT2D eigenvalue weighted by molar-refractivity contribution is 5.92. The molecule has 8 heteroatoms. The first kappa shape index (κ1) is 22.3. The highest BCUT2D eigenvalue weighted by Gasteiger charge is 2.38. The summed E-state index contributed by atoms with van der Waals surface area (Å²) < 4.78 is 0. The van der Waals surface area contributed by atoms with Gasteiger partial charge >= 0.3 is 5.97 Å². The van der Waals surface area contributed by atoms with Gasteiger partial charge in [-0.1, -0.05) is 41.5 Å². The number of nitrogens with two attached hydrogens (primary N) is 1. The Kier molecular flexibility index (Phi) is 7.38. The van der Waals surface area contributed by atoms with Crippen LogP contribution in [0.1, 0.15) is 48.5 Å². The Hall–Kier alpha value is -1.67. The number of carbonyl (C=O) groups is 3. The van der Waals surface area contributed by atoms with Crippen molar-refractivity contribution in [2.24, 2.45) is 16.6 Å². The zero-order valence-electron chi connectivity index (χ0n) is 15.5. The van der Waals surface area contributed by atoms with E-state index >= 15 is 0 Å². The Bertz CT molecular complexity index is 477. The molecule has 0 spiro atoms. The Labute approximate surface area is 143 Å². The van der Waals surface area contributed by atoms with Crippen LogP contribution in [0.15, 0.2) is 0 Å². The minimum Gasteiger partial charge on any atom is -0.480 e. The lowest BCUT2D eigenvalue weighted by Gasteiger charge is -2.34. The minimum absolute atomic E-state index is 0.494. The van der Waals surface area contributed by atoms with E-state index in [1.54, 1.807) is 41.5 Å². The van der Waals surface area contributed by atoms with Gasteiger partial charge in [0.2, 0.25) is 11.8 Å². The maximum absolute atomic E-state index is 12.5. The number of hydrogen-bond acceptors (Lipinski definition) is 5. The van der Waals surface area contributed by atoms with E-state index in [9.17, 15) is 19.5 Å². The molecule has 2 amide bonds. The quantitative estimate of drug-likeness (QED) is 0.453. The summed E-state index contributed by atoms with van der Waals surface area (Å²) in [5, 5.41) is 23.4. The van der Waals surface area contributed by atoms with Crippen molar-refractivity contribution in [3.8, 4) is 0 Å². The van der Waals surface area contributed by atoms with Crippen molar-refractivity contribution in [3.63, 3.8) is 0 Å². The minimum atomic E-state index is -1.46. The smallest absolute Gasteiger partial charge is 0.328 e. The predicted molar refractivity (Wildman–Crippen MR) is 90.1 cm³/mol. The highest BCUT2D eigenvalue weighted by Crippen LogP contribution is 2.22. The molecule has 0 saturated heterocycles. The number of carboxylic acid groups (broad SMARTS) is 1. The fraction of sp³-hybridized carbons (Fsp3) is 0.812. The van der Waals surface area contributed by atoms with Crippen LogP contribution in [0.5, 0.6) is 0 Å². The van der Waals surface area contributed by atoms with Crippen LogP contribution in [0, 0.1) is 10.8 Å². The predicted octanol–water partition coefficient (Wildman–Crippen LogP) is -0.159. The van der Waals surface area contributed by atoms with E-state index < -0.39 is 52.8 Å². The summed E-state index contributed by atoms with van der Waals surface area (Å²) in [6.45, 7) is 11.9. The van der Waals surface area contributed by atoms with E-state index in [1.807, 2.05) is 0 Å². The van der Waals surface area contributed by atoms with E-state index in [1.165, 1.54) is 6.92 Å². The molecular weight excluding hydrogens is 314 g/mol. The lowest BCUT2D eigenvalue weighted by atomic mass is 9.83. The molecule has 0 saturated carbocycles. The summed E-state index contributed by atoms with van der Waals surface area (Å²) >= 11 is 0. The van der Waals surface area contributed by atoms with Crippen molar-refractivity contribution < 1.29 is 24.6 Å². The normalized spacial score (nSPS) is 17.4. The van der Waals surface area contributed by atoms with E-state index in [2.05, 4.69) is 10.6 Å². The van der Waals surface area contributed by atoms with Gasteiger partial charge in [0.25, 0.3) is 0 Å². The average Bonchev–Trinajstić information content (AvgIpc) is 2.37. The van der Waals surface area contributed by atoms with Crippen LogP contribution in [-0.2, 0) is 14.4 Å². The third kappa shape index (κ3) is 6.45. The van der Waals surface area contributed by atoms with Crippen LogP contribution in [0.2, 0.25) is 0 Å². The summed E-state index contributed by atoms with van der Waals surface area (Å²) in [6, 6.07) is -3.29.